The second-order valence-corrected chi connectivity index (χ2v) is 8.88. The van der Waals surface area contributed by atoms with E-state index in [9.17, 15) is 0 Å². The van der Waals surface area contributed by atoms with Gasteiger partial charge in [-0.05, 0) is 35.5 Å². The molecule has 6 saturated carbocycles. The van der Waals surface area contributed by atoms with Crippen molar-refractivity contribution >= 4 is 0 Å². The Bertz CT molecular complexity index is 719. The number of hydrogen-bond donors (Lipinski definition) is 0. The summed E-state index contributed by atoms with van der Waals surface area (Å²) >= 11 is 0. The largest absolute Gasteiger partial charge is 0.243 e. The highest BCUT2D eigenvalue weighted by atomic mass is 15.2. The summed E-state index contributed by atoms with van der Waals surface area (Å²) in [5.41, 5.74) is 1.49. The van der Waals surface area contributed by atoms with E-state index >= 15 is 0 Å². The lowest BCUT2D eigenvalue weighted by Crippen LogP contribution is -3.10. The van der Waals surface area contributed by atoms with E-state index in [4.69, 9.17) is 0 Å². The van der Waals surface area contributed by atoms with E-state index < -0.39 is 0 Å². The summed E-state index contributed by atoms with van der Waals surface area (Å²) in [5, 5.41) is 0. The highest BCUT2D eigenvalue weighted by molar-refractivity contribution is 5.54. The van der Waals surface area contributed by atoms with Gasteiger partial charge in [-0.1, -0.05) is 0 Å². The first-order valence-electron chi connectivity index (χ1n) is 8.70. The minimum absolute atomic E-state index is 0.745. The summed E-state index contributed by atoms with van der Waals surface area (Å²) < 4.78 is 9.24. The van der Waals surface area contributed by atoms with Gasteiger partial charge in [0.2, 0.25) is 12.7 Å². The minimum Gasteiger partial charge on any atom is -0.240 e. The van der Waals surface area contributed by atoms with Crippen LogP contribution in [0.1, 0.15) is 0 Å². The summed E-state index contributed by atoms with van der Waals surface area (Å²) in [6.45, 7) is 2.60. The first kappa shape index (κ1) is 11.0. The van der Waals surface area contributed by atoms with Crippen LogP contribution in [0.25, 0.3) is 0 Å². The molecule has 6 aliphatic carbocycles. The highest BCUT2D eigenvalue weighted by Crippen LogP contribution is 3.10. The second kappa shape index (κ2) is 2.81. The van der Waals surface area contributed by atoms with Crippen LogP contribution in [0, 0.1) is 46.3 Å². The Labute approximate surface area is 130 Å². The van der Waals surface area contributed by atoms with Gasteiger partial charge in [0.25, 0.3) is 0 Å². The SMILES string of the molecule is C[n+]1ccn(CC23C4C5C2C2C3C4C52Cn2cc[n+](C)c2)c1. The summed E-state index contributed by atoms with van der Waals surface area (Å²) in [6.07, 6.45) is 13.4. The van der Waals surface area contributed by atoms with Gasteiger partial charge in [-0.25, -0.2) is 18.3 Å². The smallest absolute Gasteiger partial charge is 0.240 e. The first-order chi connectivity index (χ1) is 10.7. The molecule has 0 amide bonds. The van der Waals surface area contributed by atoms with Crippen LogP contribution in [-0.2, 0) is 27.2 Å². The number of nitrogens with zero attached hydrogens (tertiary/aromatic N) is 4. The maximum atomic E-state index is 2.44. The molecule has 0 atom stereocenters. The molecule has 4 heteroatoms. The zero-order chi connectivity index (χ0) is 14.4. The minimum atomic E-state index is 0.745. The third-order valence-electron chi connectivity index (χ3n) is 8.61. The van der Waals surface area contributed by atoms with Gasteiger partial charge >= 0.3 is 0 Å². The van der Waals surface area contributed by atoms with Crippen molar-refractivity contribution in [3.05, 3.63) is 37.4 Å². The predicted molar refractivity (Wildman–Crippen MR) is 77.0 cm³/mol. The maximum Gasteiger partial charge on any atom is 0.243 e. The molecule has 0 N–H and O–H groups in total. The van der Waals surface area contributed by atoms with Gasteiger partial charge in [0, 0.05) is 10.8 Å². The molecule has 2 aromatic heterocycles. The van der Waals surface area contributed by atoms with Crippen molar-refractivity contribution < 1.29 is 9.13 Å². The molecule has 4 nitrogen and oxygen atoms in total. The Balaban J connectivity index is 1.17. The van der Waals surface area contributed by atoms with Crippen molar-refractivity contribution in [2.75, 3.05) is 0 Å². The Morgan fingerprint density at radius 2 is 1.09 bits per heavy atom. The maximum absolute atomic E-state index is 2.44. The fraction of sp³-hybridized carbons (Fsp3) is 0.667. The zero-order valence-electron chi connectivity index (χ0n) is 13.1. The molecule has 0 aromatic carbocycles. The standard InChI is InChI=1S/C18H22N4/c1-19-3-5-21(9-19)7-17-11-14-12(17)16-13(17)15(11)18(14,16)8-22-6-4-20(2)10-22/h3-6,9-16H,7-8H2,1-2H3/q+2. The van der Waals surface area contributed by atoms with E-state index in [0.29, 0.717) is 0 Å². The second-order valence-electron chi connectivity index (χ2n) is 8.88. The molecule has 0 radical (unpaired) electrons. The topological polar surface area (TPSA) is 17.6 Å². The molecule has 22 heavy (non-hydrogen) atoms. The fourth-order valence-electron chi connectivity index (χ4n) is 8.43. The van der Waals surface area contributed by atoms with Gasteiger partial charge in [0.1, 0.15) is 24.8 Å². The lowest BCUT2D eigenvalue weighted by atomic mass is 8.92. The molecule has 2 heterocycles. The van der Waals surface area contributed by atoms with Crippen LogP contribution in [0.5, 0.6) is 0 Å². The van der Waals surface area contributed by atoms with Crippen LogP contribution in [-0.4, -0.2) is 9.13 Å². The Morgan fingerprint density at radius 1 is 0.727 bits per heavy atom. The van der Waals surface area contributed by atoms with Crippen LogP contribution < -0.4 is 9.13 Å². The van der Waals surface area contributed by atoms with E-state index in [1.807, 2.05) is 0 Å². The number of rotatable bonds is 4. The van der Waals surface area contributed by atoms with Gasteiger partial charge in [0.15, 0.2) is 0 Å². The molecule has 6 aliphatic rings. The monoisotopic (exact) mass is 294 g/mol. The van der Waals surface area contributed by atoms with Gasteiger partial charge < -0.3 is 0 Å². The molecular formula is C18H22N4+2. The average molecular weight is 294 g/mol. The van der Waals surface area contributed by atoms with Crippen LogP contribution in [0.15, 0.2) is 37.4 Å². The van der Waals surface area contributed by atoms with Crippen molar-refractivity contribution in [1.29, 1.82) is 0 Å². The summed E-state index contributed by atoms with van der Waals surface area (Å²) in [4.78, 5) is 0. The average Bonchev–Trinajstić information content (AvgIpc) is 3.10. The van der Waals surface area contributed by atoms with Crippen molar-refractivity contribution in [3.8, 4) is 0 Å². The zero-order valence-corrected chi connectivity index (χ0v) is 13.1. The molecule has 112 valence electrons. The lowest BCUT2D eigenvalue weighted by molar-refractivity contribution is -0.676. The van der Waals surface area contributed by atoms with E-state index in [0.717, 1.165) is 46.3 Å². The molecule has 0 bridgehead atoms. The molecule has 0 saturated heterocycles. The van der Waals surface area contributed by atoms with E-state index in [1.54, 1.807) is 0 Å². The Kier molecular flexibility index (Phi) is 1.41. The molecule has 0 spiro atoms. The summed E-state index contributed by atoms with van der Waals surface area (Å²) in [5.74, 6) is 6.53. The van der Waals surface area contributed by atoms with Crippen molar-refractivity contribution in [3.63, 3.8) is 0 Å². The normalized spacial score (nSPS) is 53.7. The van der Waals surface area contributed by atoms with E-state index in [1.165, 1.54) is 13.1 Å². The number of aryl methyl sites for hydroxylation is 2. The Morgan fingerprint density at radius 3 is 1.36 bits per heavy atom. The molecular weight excluding hydrogens is 272 g/mol. The molecule has 0 aliphatic heterocycles. The van der Waals surface area contributed by atoms with E-state index in [-0.39, 0.29) is 0 Å². The van der Waals surface area contributed by atoms with Gasteiger partial charge in [-0.3, -0.25) is 0 Å². The third kappa shape index (κ3) is 0.748. The number of hydrogen-bond acceptors (Lipinski definition) is 0. The fourth-order valence-corrected chi connectivity index (χ4v) is 8.43. The predicted octanol–water partition coefficient (Wildman–Crippen LogP) is 0.377. The third-order valence-corrected chi connectivity index (χ3v) is 8.61. The van der Waals surface area contributed by atoms with Crippen LogP contribution in [0.2, 0.25) is 0 Å². The molecule has 0 unspecified atom stereocenters. The van der Waals surface area contributed by atoms with Crippen molar-refractivity contribution in [1.82, 2.24) is 9.13 Å². The van der Waals surface area contributed by atoms with Crippen molar-refractivity contribution in [2.24, 2.45) is 60.4 Å². The van der Waals surface area contributed by atoms with Gasteiger partial charge in [-0.2, -0.15) is 0 Å². The highest BCUT2D eigenvalue weighted by Gasteiger charge is 3.10. The summed E-state index contributed by atoms with van der Waals surface area (Å²) in [7, 11) is 4.25. The summed E-state index contributed by atoms with van der Waals surface area (Å²) in [6, 6.07) is 0. The number of imidazole rings is 2. The lowest BCUT2D eigenvalue weighted by Gasteiger charge is -3.11. The van der Waals surface area contributed by atoms with Crippen LogP contribution in [0.4, 0.5) is 0 Å². The molecule has 8 rings (SSSR count). The van der Waals surface area contributed by atoms with Gasteiger partial charge in [0.05, 0.1) is 27.2 Å². The first-order valence-corrected chi connectivity index (χ1v) is 8.70. The molecule has 2 aromatic rings. The van der Waals surface area contributed by atoms with Crippen LogP contribution >= 0.6 is 0 Å². The van der Waals surface area contributed by atoms with Crippen molar-refractivity contribution in [2.45, 2.75) is 13.1 Å². The van der Waals surface area contributed by atoms with Gasteiger partial charge in [-0.15, -0.1) is 0 Å². The quantitative estimate of drug-likeness (QED) is 0.726. The Hall–Kier alpha value is -1.58. The van der Waals surface area contributed by atoms with E-state index in [2.05, 4.69) is 69.8 Å². The number of aromatic nitrogens is 4. The van der Waals surface area contributed by atoms with Crippen LogP contribution in [0.3, 0.4) is 0 Å². The molecule has 6 fully saturated rings.